The van der Waals surface area contributed by atoms with Crippen molar-refractivity contribution >= 4 is 10.0 Å². The summed E-state index contributed by atoms with van der Waals surface area (Å²) in [6.07, 6.45) is -4.71. The molecule has 0 saturated heterocycles. The molecule has 0 amide bonds. The Hall–Kier alpha value is -1.28. The van der Waals surface area contributed by atoms with Crippen molar-refractivity contribution < 1.29 is 26.3 Å². The van der Waals surface area contributed by atoms with E-state index in [1.165, 1.54) is 0 Å². The monoisotopic (exact) mass is 269 g/mol. The van der Waals surface area contributed by atoms with E-state index in [0.717, 1.165) is 26.2 Å². The minimum atomic E-state index is -4.71. The van der Waals surface area contributed by atoms with Crippen molar-refractivity contribution in [2.24, 2.45) is 5.14 Å². The molecular formula is C9H10F3NO3S. The average molecular weight is 269 g/mol. The standard InChI is InChI=1S/C9H10F3NO3S/c1-5-7(17(13,14)15)4-3-6(16-2)8(5)9(10,11)12/h3-4H,1-2H3,(H2,13,14,15). The Bertz CT molecular complexity index is 537. The van der Waals surface area contributed by atoms with Gasteiger partial charge in [0.1, 0.15) is 11.3 Å². The summed E-state index contributed by atoms with van der Waals surface area (Å²) in [5, 5.41) is 4.83. The highest BCUT2D eigenvalue weighted by Gasteiger charge is 2.38. The smallest absolute Gasteiger partial charge is 0.420 e. The van der Waals surface area contributed by atoms with Crippen molar-refractivity contribution in [2.45, 2.75) is 18.0 Å². The number of ether oxygens (including phenoxy) is 1. The Morgan fingerprint density at radius 2 is 1.82 bits per heavy atom. The van der Waals surface area contributed by atoms with Gasteiger partial charge in [0.05, 0.1) is 12.0 Å². The zero-order valence-electron chi connectivity index (χ0n) is 9.00. The van der Waals surface area contributed by atoms with Crippen LogP contribution in [-0.2, 0) is 16.2 Å². The van der Waals surface area contributed by atoms with Crippen LogP contribution in [0, 0.1) is 6.92 Å². The molecule has 1 aromatic rings. The molecule has 0 unspecified atom stereocenters. The first kappa shape index (κ1) is 13.8. The number of hydrogen-bond acceptors (Lipinski definition) is 3. The zero-order chi connectivity index (χ0) is 13.4. The van der Waals surface area contributed by atoms with E-state index >= 15 is 0 Å². The fraction of sp³-hybridized carbons (Fsp3) is 0.333. The molecule has 17 heavy (non-hydrogen) atoms. The van der Waals surface area contributed by atoms with Crippen LogP contribution in [0.3, 0.4) is 0 Å². The van der Waals surface area contributed by atoms with E-state index in [9.17, 15) is 21.6 Å². The molecule has 0 bridgehead atoms. The second kappa shape index (κ2) is 4.19. The highest BCUT2D eigenvalue weighted by atomic mass is 32.2. The molecule has 0 radical (unpaired) electrons. The molecule has 0 aliphatic carbocycles. The molecule has 0 aliphatic heterocycles. The normalized spacial score (nSPS) is 12.6. The van der Waals surface area contributed by atoms with Crippen molar-refractivity contribution in [1.29, 1.82) is 0 Å². The quantitative estimate of drug-likeness (QED) is 0.887. The summed E-state index contributed by atoms with van der Waals surface area (Å²) in [5.74, 6) is -0.442. The predicted molar refractivity (Wildman–Crippen MR) is 54.1 cm³/mol. The Labute approximate surface area is 96.2 Å². The number of alkyl halides is 3. The highest BCUT2D eigenvalue weighted by Crippen LogP contribution is 2.40. The van der Waals surface area contributed by atoms with Crippen molar-refractivity contribution in [1.82, 2.24) is 0 Å². The van der Waals surface area contributed by atoms with Gasteiger partial charge in [-0.15, -0.1) is 0 Å². The maximum Gasteiger partial charge on any atom is 0.420 e. The molecule has 8 heteroatoms. The number of halogens is 3. The van der Waals surface area contributed by atoms with E-state index in [1.54, 1.807) is 0 Å². The minimum Gasteiger partial charge on any atom is -0.496 e. The Balaban J connectivity index is 3.67. The third-order valence-electron chi connectivity index (χ3n) is 2.19. The largest absolute Gasteiger partial charge is 0.496 e. The fourth-order valence-corrected chi connectivity index (χ4v) is 2.28. The molecule has 4 nitrogen and oxygen atoms in total. The van der Waals surface area contributed by atoms with Gasteiger partial charge in [0.15, 0.2) is 0 Å². The van der Waals surface area contributed by atoms with Crippen LogP contribution in [-0.4, -0.2) is 15.5 Å². The summed E-state index contributed by atoms with van der Waals surface area (Å²) in [7, 11) is -3.13. The molecule has 0 fully saturated rings. The van der Waals surface area contributed by atoms with Crippen molar-refractivity contribution in [3.8, 4) is 5.75 Å². The maximum absolute atomic E-state index is 12.7. The topological polar surface area (TPSA) is 69.4 Å². The molecule has 0 heterocycles. The van der Waals surface area contributed by atoms with E-state index in [4.69, 9.17) is 5.14 Å². The van der Waals surface area contributed by atoms with Crippen molar-refractivity contribution in [3.63, 3.8) is 0 Å². The van der Waals surface area contributed by atoms with Gasteiger partial charge in [-0.3, -0.25) is 0 Å². The third kappa shape index (κ3) is 2.70. The van der Waals surface area contributed by atoms with E-state index in [2.05, 4.69) is 4.74 Å². The maximum atomic E-state index is 12.7. The second-order valence-electron chi connectivity index (χ2n) is 3.31. The Morgan fingerprint density at radius 3 is 2.18 bits per heavy atom. The molecule has 1 aromatic carbocycles. The van der Waals surface area contributed by atoms with Crippen LogP contribution in [0.1, 0.15) is 11.1 Å². The van der Waals surface area contributed by atoms with Crippen molar-refractivity contribution in [2.75, 3.05) is 7.11 Å². The summed E-state index contributed by atoms with van der Waals surface area (Å²) in [5.41, 5.74) is -1.61. The summed E-state index contributed by atoms with van der Waals surface area (Å²) in [6, 6.07) is 1.91. The van der Waals surface area contributed by atoms with Gasteiger partial charge in [-0.2, -0.15) is 13.2 Å². The van der Waals surface area contributed by atoms with Crippen LogP contribution in [0.2, 0.25) is 0 Å². The third-order valence-corrected chi connectivity index (χ3v) is 3.24. The van der Waals surface area contributed by atoms with Crippen LogP contribution in [0.5, 0.6) is 5.75 Å². The van der Waals surface area contributed by atoms with Crippen molar-refractivity contribution in [3.05, 3.63) is 23.3 Å². The number of primary sulfonamides is 1. The number of benzene rings is 1. The Morgan fingerprint density at radius 1 is 1.29 bits per heavy atom. The van der Waals surface area contributed by atoms with E-state index in [1.807, 2.05) is 0 Å². The van der Waals surface area contributed by atoms with Crippen LogP contribution in [0.15, 0.2) is 17.0 Å². The van der Waals surface area contributed by atoms with Gasteiger partial charge in [0.25, 0.3) is 0 Å². The molecular weight excluding hydrogens is 259 g/mol. The highest BCUT2D eigenvalue weighted by molar-refractivity contribution is 7.89. The van der Waals surface area contributed by atoms with E-state index in [0.29, 0.717) is 0 Å². The van der Waals surface area contributed by atoms with E-state index < -0.39 is 38.0 Å². The molecule has 0 aliphatic rings. The first-order chi connectivity index (χ1) is 7.59. The van der Waals surface area contributed by atoms with Gasteiger partial charge in [0, 0.05) is 0 Å². The van der Waals surface area contributed by atoms with E-state index in [-0.39, 0.29) is 0 Å². The second-order valence-corrected chi connectivity index (χ2v) is 4.84. The lowest BCUT2D eigenvalue weighted by Gasteiger charge is -2.16. The van der Waals surface area contributed by atoms with Crippen LogP contribution in [0.25, 0.3) is 0 Å². The number of sulfonamides is 1. The summed E-state index contributed by atoms with van der Waals surface area (Å²) in [6.45, 7) is 1.03. The minimum absolute atomic E-state index is 0.442. The lowest BCUT2D eigenvalue weighted by Crippen LogP contribution is -2.18. The number of methoxy groups -OCH3 is 1. The molecule has 0 aromatic heterocycles. The van der Waals surface area contributed by atoms with Gasteiger partial charge < -0.3 is 4.74 Å². The molecule has 2 N–H and O–H groups in total. The lowest BCUT2D eigenvalue weighted by molar-refractivity contribution is -0.139. The Kier molecular flexibility index (Phi) is 3.40. The number of nitrogens with two attached hydrogens (primary N) is 1. The summed E-state index contributed by atoms with van der Waals surface area (Å²) >= 11 is 0. The van der Waals surface area contributed by atoms with Crippen LogP contribution < -0.4 is 9.88 Å². The van der Waals surface area contributed by atoms with Gasteiger partial charge in [-0.05, 0) is 24.6 Å². The molecule has 0 spiro atoms. The van der Waals surface area contributed by atoms with Crippen LogP contribution in [0.4, 0.5) is 13.2 Å². The summed E-state index contributed by atoms with van der Waals surface area (Å²) in [4.78, 5) is -0.564. The molecule has 1 rings (SSSR count). The molecule has 0 saturated carbocycles. The first-order valence-electron chi connectivity index (χ1n) is 4.36. The molecule has 0 atom stereocenters. The lowest BCUT2D eigenvalue weighted by atomic mass is 10.1. The number of rotatable bonds is 2. The van der Waals surface area contributed by atoms with Gasteiger partial charge >= 0.3 is 6.18 Å². The summed E-state index contributed by atoms with van der Waals surface area (Å²) < 4.78 is 65.0. The first-order valence-corrected chi connectivity index (χ1v) is 5.91. The molecule has 96 valence electrons. The zero-order valence-corrected chi connectivity index (χ0v) is 9.82. The number of hydrogen-bond donors (Lipinski definition) is 1. The SMILES string of the molecule is COc1ccc(S(N)(=O)=O)c(C)c1C(F)(F)F. The van der Waals surface area contributed by atoms with Gasteiger partial charge in [-0.25, -0.2) is 13.6 Å². The van der Waals surface area contributed by atoms with Crippen LogP contribution >= 0.6 is 0 Å². The van der Waals surface area contributed by atoms with Gasteiger partial charge in [0.2, 0.25) is 10.0 Å². The van der Waals surface area contributed by atoms with Gasteiger partial charge in [-0.1, -0.05) is 0 Å². The predicted octanol–water partition coefficient (Wildman–Crippen LogP) is 1.67. The average Bonchev–Trinajstić information content (AvgIpc) is 2.12. The fourth-order valence-electron chi connectivity index (χ4n) is 1.50.